The topological polar surface area (TPSA) is 75.7 Å². The number of ether oxygens (including phenoxy) is 1. The zero-order chi connectivity index (χ0) is 17.7. The third kappa shape index (κ3) is 7.52. The number of hydrogen-bond acceptors (Lipinski definition) is 4. The number of carbonyl (C=O) groups excluding carboxylic acids is 1. The van der Waals surface area contributed by atoms with E-state index < -0.39 is 21.7 Å². The molecule has 7 heteroatoms. The molecule has 0 aromatic rings. The van der Waals surface area contributed by atoms with Crippen molar-refractivity contribution in [2.45, 2.75) is 71.9 Å². The molecule has 0 aromatic heterocycles. The van der Waals surface area contributed by atoms with Crippen LogP contribution in [0.5, 0.6) is 0 Å². The average Bonchev–Trinajstić information content (AvgIpc) is 2.41. The summed E-state index contributed by atoms with van der Waals surface area (Å²) in [5.41, 5.74) is -0.556. The molecule has 1 unspecified atom stereocenters. The SMILES string of the molecule is CC(C)CCS(=O)(=O)N1CCCCC1CNC(=O)OC(C)(C)C. The van der Waals surface area contributed by atoms with E-state index in [1.165, 1.54) is 0 Å². The van der Waals surface area contributed by atoms with E-state index in [-0.39, 0.29) is 11.8 Å². The van der Waals surface area contributed by atoms with Gasteiger partial charge in [-0.15, -0.1) is 0 Å². The lowest BCUT2D eigenvalue weighted by atomic mass is 10.1. The average molecular weight is 349 g/mol. The van der Waals surface area contributed by atoms with Crippen LogP contribution in [0.15, 0.2) is 0 Å². The van der Waals surface area contributed by atoms with Crippen LogP contribution >= 0.6 is 0 Å². The highest BCUT2D eigenvalue weighted by Gasteiger charge is 2.32. The summed E-state index contributed by atoms with van der Waals surface area (Å²) in [5, 5.41) is 2.71. The molecule has 136 valence electrons. The number of nitrogens with zero attached hydrogens (tertiary/aromatic N) is 1. The molecule has 0 aliphatic carbocycles. The van der Waals surface area contributed by atoms with Gasteiger partial charge in [0.1, 0.15) is 5.60 Å². The summed E-state index contributed by atoms with van der Waals surface area (Å²) < 4.78 is 31.9. The van der Waals surface area contributed by atoms with E-state index in [9.17, 15) is 13.2 Å². The molecular formula is C16H32N2O4S. The Morgan fingerprint density at radius 2 is 1.96 bits per heavy atom. The van der Waals surface area contributed by atoms with E-state index in [4.69, 9.17) is 4.74 Å². The first-order valence-electron chi connectivity index (χ1n) is 8.47. The third-order valence-electron chi connectivity index (χ3n) is 3.76. The highest BCUT2D eigenvalue weighted by atomic mass is 32.2. The molecule has 1 rings (SSSR count). The molecule has 1 N–H and O–H groups in total. The number of amides is 1. The second kappa shape index (κ2) is 8.33. The molecule has 1 saturated heterocycles. The summed E-state index contributed by atoms with van der Waals surface area (Å²) in [7, 11) is -3.27. The molecule has 1 heterocycles. The first-order valence-corrected chi connectivity index (χ1v) is 10.1. The Hall–Kier alpha value is -0.820. The standard InChI is InChI=1S/C16H32N2O4S/c1-13(2)9-11-23(20,21)18-10-7-6-8-14(18)12-17-15(19)22-16(3,4)5/h13-14H,6-12H2,1-5H3,(H,17,19). The molecule has 0 radical (unpaired) electrons. The zero-order valence-corrected chi connectivity index (χ0v) is 15.9. The van der Waals surface area contributed by atoms with Crippen LogP contribution in [0.2, 0.25) is 0 Å². The van der Waals surface area contributed by atoms with E-state index in [1.54, 1.807) is 25.1 Å². The number of nitrogens with one attached hydrogen (secondary N) is 1. The number of carbonyl (C=O) groups is 1. The zero-order valence-electron chi connectivity index (χ0n) is 15.1. The predicted molar refractivity (Wildman–Crippen MR) is 91.8 cm³/mol. The van der Waals surface area contributed by atoms with Gasteiger partial charge in [0.25, 0.3) is 0 Å². The van der Waals surface area contributed by atoms with Crippen LogP contribution in [0.1, 0.15) is 60.3 Å². The van der Waals surface area contributed by atoms with Gasteiger partial charge in [-0.1, -0.05) is 20.3 Å². The van der Waals surface area contributed by atoms with Crippen molar-refractivity contribution < 1.29 is 17.9 Å². The van der Waals surface area contributed by atoms with Gasteiger partial charge in [-0.3, -0.25) is 0 Å². The highest BCUT2D eigenvalue weighted by Crippen LogP contribution is 2.21. The number of sulfonamides is 1. The predicted octanol–water partition coefficient (Wildman–Crippen LogP) is 2.74. The molecule has 6 nitrogen and oxygen atoms in total. The minimum Gasteiger partial charge on any atom is -0.444 e. The Morgan fingerprint density at radius 3 is 2.52 bits per heavy atom. The maximum atomic E-state index is 12.6. The largest absolute Gasteiger partial charge is 0.444 e. The summed E-state index contributed by atoms with van der Waals surface area (Å²) in [6.07, 6.45) is 2.80. The van der Waals surface area contributed by atoms with E-state index in [0.717, 1.165) is 19.3 Å². The van der Waals surface area contributed by atoms with Gasteiger partial charge in [-0.2, -0.15) is 4.31 Å². The minimum absolute atomic E-state index is 0.173. The van der Waals surface area contributed by atoms with Gasteiger partial charge in [0.15, 0.2) is 0 Å². The summed E-state index contributed by atoms with van der Waals surface area (Å²) in [4.78, 5) is 11.8. The van der Waals surface area contributed by atoms with Gasteiger partial charge in [0.05, 0.1) is 5.75 Å². The highest BCUT2D eigenvalue weighted by molar-refractivity contribution is 7.89. The first-order chi connectivity index (χ1) is 10.5. The molecule has 0 saturated carbocycles. The Labute approximate surface area is 141 Å². The number of rotatable bonds is 6. The molecule has 0 bridgehead atoms. The lowest BCUT2D eigenvalue weighted by Crippen LogP contribution is -2.50. The normalized spacial score (nSPS) is 20.5. The Balaban J connectivity index is 2.62. The fourth-order valence-corrected chi connectivity index (χ4v) is 4.61. The second-order valence-corrected chi connectivity index (χ2v) is 9.68. The summed E-state index contributed by atoms with van der Waals surface area (Å²) in [5.74, 6) is 0.529. The molecule has 1 aliphatic rings. The van der Waals surface area contributed by atoms with Crippen LogP contribution in [0.3, 0.4) is 0 Å². The van der Waals surface area contributed by atoms with Crippen molar-refractivity contribution >= 4 is 16.1 Å². The Morgan fingerprint density at radius 1 is 1.30 bits per heavy atom. The maximum absolute atomic E-state index is 12.6. The van der Waals surface area contributed by atoms with Crippen LogP contribution in [0, 0.1) is 5.92 Å². The minimum atomic E-state index is -3.27. The number of hydrogen-bond donors (Lipinski definition) is 1. The van der Waals surface area contributed by atoms with E-state index in [1.807, 2.05) is 13.8 Å². The van der Waals surface area contributed by atoms with Crippen molar-refractivity contribution in [2.75, 3.05) is 18.8 Å². The van der Waals surface area contributed by atoms with Crippen LogP contribution in [-0.4, -0.2) is 49.3 Å². The van der Waals surface area contributed by atoms with Crippen LogP contribution in [-0.2, 0) is 14.8 Å². The van der Waals surface area contributed by atoms with Crippen molar-refractivity contribution in [3.63, 3.8) is 0 Å². The van der Waals surface area contributed by atoms with Crippen LogP contribution in [0.4, 0.5) is 4.79 Å². The molecule has 0 aromatic carbocycles. The molecule has 1 amide bonds. The lowest BCUT2D eigenvalue weighted by Gasteiger charge is -2.35. The maximum Gasteiger partial charge on any atom is 0.407 e. The smallest absolute Gasteiger partial charge is 0.407 e. The van der Waals surface area contributed by atoms with Gasteiger partial charge in [-0.25, -0.2) is 13.2 Å². The fraction of sp³-hybridized carbons (Fsp3) is 0.938. The van der Waals surface area contributed by atoms with E-state index >= 15 is 0 Å². The van der Waals surface area contributed by atoms with E-state index in [0.29, 0.717) is 25.4 Å². The Kier molecular flexibility index (Phi) is 7.32. The van der Waals surface area contributed by atoms with Crippen molar-refractivity contribution in [2.24, 2.45) is 5.92 Å². The summed E-state index contributed by atoms with van der Waals surface area (Å²) >= 11 is 0. The third-order valence-corrected chi connectivity index (χ3v) is 5.71. The fourth-order valence-electron chi connectivity index (χ4n) is 2.56. The van der Waals surface area contributed by atoms with Gasteiger partial charge in [0, 0.05) is 19.1 Å². The molecule has 1 atom stereocenters. The van der Waals surface area contributed by atoms with Crippen molar-refractivity contribution in [3.8, 4) is 0 Å². The summed E-state index contributed by atoms with van der Waals surface area (Å²) in [6.45, 7) is 10.3. The molecule has 1 aliphatic heterocycles. The van der Waals surface area contributed by atoms with Gasteiger partial charge in [0.2, 0.25) is 10.0 Å². The first kappa shape index (κ1) is 20.2. The van der Waals surface area contributed by atoms with Crippen molar-refractivity contribution in [1.29, 1.82) is 0 Å². The monoisotopic (exact) mass is 348 g/mol. The van der Waals surface area contributed by atoms with Gasteiger partial charge >= 0.3 is 6.09 Å². The Bertz CT molecular complexity index is 483. The van der Waals surface area contributed by atoms with Gasteiger partial charge < -0.3 is 10.1 Å². The molecule has 23 heavy (non-hydrogen) atoms. The molecule has 0 spiro atoms. The molecular weight excluding hydrogens is 316 g/mol. The second-order valence-electron chi connectivity index (χ2n) is 7.64. The van der Waals surface area contributed by atoms with Crippen molar-refractivity contribution in [1.82, 2.24) is 9.62 Å². The number of alkyl carbamates (subject to hydrolysis) is 1. The van der Waals surface area contributed by atoms with Crippen molar-refractivity contribution in [3.05, 3.63) is 0 Å². The van der Waals surface area contributed by atoms with Crippen LogP contribution < -0.4 is 5.32 Å². The van der Waals surface area contributed by atoms with Gasteiger partial charge in [-0.05, 0) is 46.0 Å². The quantitative estimate of drug-likeness (QED) is 0.801. The molecule has 1 fully saturated rings. The lowest BCUT2D eigenvalue weighted by molar-refractivity contribution is 0.0512. The summed E-state index contributed by atoms with van der Waals surface area (Å²) in [6, 6.07) is -0.173. The van der Waals surface area contributed by atoms with Crippen LogP contribution in [0.25, 0.3) is 0 Å². The number of piperidine rings is 1. The van der Waals surface area contributed by atoms with E-state index in [2.05, 4.69) is 5.32 Å².